The lowest BCUT2D eigenvalue weighted by Gasteiger charge is -2.19. The van der Waals surface area contributed by atoms with Gasteiger partial charge in [-0.15, -0.1) is 0 Å². The van der Waals surface area contributed by atoms with Crippen LogP contribution in [0.15, 0.2) is 42.5 Å². The number of hydrogen-bond acceptors (Lipinski definition) is 3. The Kier molecular flexibility index (Phi) is 5.31. The molecule has 1 amide bonds. The van der Waals surface area contributed by atoms with E-state index in [-0.39, 0.29) is 12.7 Å². The highest BCUT2D eigenvalue weighted by Crippen LogP contribution is 2.33. The lowest BCUT2D eigenvalue weighted by Crippen LogP contribution is -2.13. The third kappa shape index (κ3) is 3.90. The van der Waals surface area contributed by atoms with Crippen LogP contribution >= 0.6 is 0 Å². The molecular formula is C22H25NO3. The van der Waals surface area contributed by atoms with E-state index < -0.39 is 0 Å². The van der Waals surface area contributed by atoms with E-state index >= 15 is 0 Å². The van der Waals surface area contributed by atoms with E-state index in [0.717, 1.165) is 28.1 Å². The normalized spacial score (nSPS) is 13.0. The number of para-hydroxylation sites is 1. The lowest BCUT2D eigenvalue weighted by atomic mass is 9.92. The fourth-order valence-electron chi connectivity index (χ4n) is 3.05. The van der Waals surface area contributed by atoms with Gasteiger partial charge in [-0.1, -0.05) is 52.0 Å². The van der Waals surface area contributed by atoms with Gasteiger partial charge in [-0.25, -0.2) is 0 Å². The van der Waals surface area contributed by atoms with Crippen molar-refractivity contribution in [2.24, 2.45) is 0 Å². The third-order valence-electron chi connectivity index (χ3n) is 4.44. The summed E-state index contributed by atoms with van der Waals surface area (Å²) in [7, 11) is 0. The zero-order chi connectivity index (χ0) is 18.7. The molecule has 2 aromatic rings. The zero-order valence-electron chi connectivity index (χ0n) is 15.7. The van der Waals surface area contributed by atoms with Crippen molar-refractivity contribution >= 4 is 17.7 Å². The van der Waals surface area contributed by atoms with Crippen LogP contribution in [0.2, 0.25) is 0 Å². The molecule has 0 aliphatic carbocycles. The Morgan fingerprint density at radius 2 is 1.65 bits per heavy atom. The molecule has 1 aliphatic heterocycles. The number of hydrogen-bond donors (Lipinski definition) is 1. The van der Waals surface area contributed by atoms with E-state index in [2.05, 4.69) is 51.2 Å². The summed E-state index contributed by atoms with van der Waals surface area (Å²) in [6.07, 6.45) is 3.34. The second kappa shape index (κ2) is 7.65. The van der Waals surface area contributed by atoms with Gasteiger partial charge >= 0.3 is 0 Å². The van der Waals surface area contributed by atoms with E-state index in [1.165, 1.54) is 0 Å². The van der Waals surface area contributed by atoms with E-state index in [9.17, 15) is 4.79 Å². The number of fused-ring (bicyclic) bond motifs is 1. The standard InChI is InChI=1S/C22H25NO3/c1-14(2)17-6-5-7-18(15(3)4)22(17)23-21(24)11-9-16-8-10-19-20(12-16)26-13-25-19/h5-12,14-15H,13H2,1-4H3,(H,23,24)/b11-9+. The van der Waals surface area contributed by atoms with Gasteiger partial charge in [0.1, 0.15) is 0 Å². The molecule has 3 rings (SSSR count). The topological polar surface area (TPSA) is 47.6 Å². The predicted octanol–water partition coefficient (Wildman–Crippen LogP) is 5.31. The van der Waals surface area contributed by atoms with Gasteiger partial charge in [0.05, 0.1) is 0 Å². The Hall–Kier alpha value is -2.75. The van der Waals surface area contributed by atoms with Crippen molar-refractivity contribution in [1.29, 1.82) is 0 Å². The number of amides is 1. The predicted molar refractivity (Wildman–Crippen MR) is 105 cm³/mol. The molecule has 1 heterocycles. The molecule has 0 saturated heterocycles. The minimum Gasteiger partial charge on any atom is -0.454 e. The van der Waals surface area contributed by atoms with E-state index in [0.29, 0.717) is 17.6 Å². The molecule has 1 aliphatic rings. The maximum atomic E-state index is 12.5. The number of benzene rings is 2. The average Bonchev–Trinajstić information content (AvgIpc) is 3.07. The van der Waals surface area contributed by atoms with Crippen molar-refractivity contribution in [3.05, 3.63) is 59.2 Å². The Balaban J connectivity index is 1.80. The van der Waals surface area contributed by atoms with Crippen molar-refractivity contribution in [3.8, 4) is 11.5 Å². The van der Waals surface area contributed by atoms with Crippen LogP contribution in [0.1, 0.15) is 56.2 Å². The highest BCUT2D eigenvalue weighted by molar-refractivity contribution is 6.03. The van der Waals surface area contributed by atoms with Crippen LogP contribution in [-0.2, 0) is 4.79 Å². The largest absolute Gasteiger partial charge is 0.454 e. The van der Waals surface area contributed by atoms with Crippen LogP contribution < -0.4 is 14.8 Å². The van der Waals surface area contributed by atoms with Crippen LogP contribution in [-0.4, -0.2) is 12.7 Å². The highest BCUT2D eigenvalue weighted by atomic mass is 16.7. The molecular weight excluding hydrogens is 326 g/mol. The van der Waals surface area contributed by atoms with Crippen molar-refractivity contribution in [3.63, 3.8) is 0 Å². The van der Waals surface area contributed by atoms with E-state index in [1.54, 1.807) is 12.2 Å². The second-order valence-electron chi connectivity index (χ2n) is 7.06. The Bertz CT molecular complexity index is 811. The quantitative estimate of drug-likeness (QED) is 0.742. The van der Waals surface area contributed by atoms with Gasteiger partial charge in [0, 0.05) is 11.8 Å². The molecule has 1 N–H and O–H groups in total. The van der Waals surface area contributed by atoms with Crippen LogP contribution in [0.25, 0.3) is 6.08 Å². The lowest BCUT2D eigenvalue weighted by molar-refractivity contribution is -0.111. The minimum atomic E-state index is -0.141. The van der Waals surface area contributed by atoms with Gasteiger partial charge in [-0.05, 0) is 46.7 Å². The van der Waals surface area contributed by atoms with Gasteiger partial charge in [-0.2, -0.15) is 0 Å². The van der Waals surface area contributed by atoms with Gasteiger partial charge < -0.3 is 14.8 Å². The van der Waals surface area contributed by atoms with Gasteiger partial charge in [0.15, 0.2) is 11.5 Å². The monoisotopic (exact) mass is 351 g/mol. The van der Waals surface area contributed by atoms with Crippen LogP contribution in [0.5, 0.6) is 11.5 Å². The maximum Gasteiger partial charge on any atom is 0.248 e. The van der Waals surface area contributed by atoms with Crippen molar-refractivity contribution < 1.29 is 14.3 Å². The molecule has 0 radical (unpaired) electrons. The highest BCUT2D eigenvalue weighted by Gasteiger charge is 2.15. The molecule has 0 saturated carbocycles. The van der Waals surface area contributed by atoms with Crippen molar-refractivity contribution in [2.75, 3.05) is 12.1 Å². The van der Waals surface area contributed by atoms with Gasteiger partial charge in [0.2, 0.25) is 12.7 Å². The SMILES string of the molecule is CC(C)c1cccc(C(C)C)c1NC(=O)/C=C/c1ccc2c(c1)OCO2. The molecule has 0 atom stereocenters. The van der Waals surface area contributed by atoms with Crippen LogP contribution in [0, 0.1) is 0 Å². The fourth-order valence-corrected chi connectivity index (χ4v) is 3.05. The Morgan fingerprint density at radius 1 is 1.00 bits per heavy atom. The average molecular weight is 351 g/mol. The summed E-state index contributed by atoms with van der Waals surface area (Å²) < 4.78 is 10.7. The summed E-state index contributed by atoms with van der Waals surface area (Å²) >= 11 is 0. The van der Waals surface area contributed by atoms with Gasteiger partial charge in [-0.3, -0.25) is 4.79 Å². The molecule has 136 valence electrons. The molecule has 2 aromatic carbocycles. The number of nitrogens with one attached hydrogen (secondary N) is 1. The number of ether oxygens (including phenoxy) is 2. The molecule has 26 heavy (non-hydrogen) atoms. The summed E-state index contributed by atoms with van der Waals surface area (Å²) in [6.45, 7) is 8.79. The van der Waals surface area contributed by atoms with Crippen LogP contribution in [0.3, 0.4) is 0 Å². The minimum absolute atomic E-state index is 0.141. The summed E-state index contributed by atoms with van der Waals surface area (Å²) in [5, 5.41) is 3.08. The first-order valence-corrected chi connectivity index (χ1v) is 8.97. The fraction of sp³-hybridized carbons (Fsp3) is 0.318. The van der Waals surface area contributed by atoms with Gasteiger partial charge in [0.25, 0.3) is 0 Å². The molecule has 0 bridgehead atoms. The third-order valence-corrected chi connectivity index (χ3v) is 4.44. The molecule has 0 unspecified atom stereocenters. The number of anilines is 1. The number of rotatable bonds is 5. The summed E-state index contributed by atoms with van der Waals surface area (Å²) in [5.41, 5.74) is 4.13. The van der Waals surface area contributed by atoms with Crippen molar-refractivity contribution in [2.45, 2.75) is 39.5 Å². The first-order valence-electron chi connectivity index (χ1n) is 8.97. The molecule has 4 heteroatoms. The summed E-state index contributed by atoms with van der Waals surface area (Å²) in [5.74, 6) is 1.97. The van der Waals surface area contributed by atoms with E-state index in [1.807, 2.05) is 18.2 Å². The first kappa shape index (κ1) is 18.1. The van der Waals surface area contributed by atoms with E-state index in [4.69, 9.17) is 9.47 Å². The Labute approximate surface area is 154 Å². The zero-order valence-corrected chi connectivity index (χ0v) is 15.7. The summed E-state index contributed by atoms with van der Waals surface area (Å²) in [6, 6.07) is 11.8. The maximum absolute atomic E-state index is 12.5. The Morgan fingerprint density at radius 3 is 2.31 bits per heavy atom. The van der Waals surface area contributed by atoms with Crippen LogP contribution in [0.4, 0.5) is 5.69 Å². The number of carbonyl (C=O) groups is 1. The number of carbonyl (C=O) groups excluding carboxylic acids is 1. The smallest absolute Gasteiger partial charge is 0.248 e. The second-order valence-corrected chi connectivity index (χ2v) is 7.06. The first-order chi connectivity index (χ1) is 12.5. The summed E-state index contributed by atoms with van der Waals surface area (Å²) in [4.78, 5) is 12.5. The molecule has 0 aromatic heterocycles. The van der Waals surface area contributed by atoms with Crippen molar-refractivity contribution in [1.82, 2.24) is 0 Å². The molecule has 0 fully saturated rings. The molecule has 4 nitrogen and oxygen atoms in total. The molecule has 0 spiro atoms.